The van der Waals surface area contributed by atoms with Crippen LogP contribution in [0.4, 0.5) is 5.69 Å². The Hall–Kier alpha value is -3.79. The predicted molar refractivity (Wildman–Crippen MR) is 144 cm³/mol. The highest BCUT2D eigenvalue weighted by molar-refractivity contribution is 5.91. The summed E-state index contributed by atoms with van der Waals surface area (Å²) in [5.74, 6) is 0. The number of nitrogens with zero attached hydrogens (tertiary/aromatic N) is 1. The van der Waals surface area contributed by atoms with E-state index in [1.54, 1.807) is 6.20 Å². The van der Waals surface area contributed by atoms with E-state index < -0.39 is 0 Å². The number of fused-ring (bicyclic) bond motifs is 1. The van der Waals surface area contributed by atoms with Gasteiger partial charge in [-0.15, -0.1) is 0 Å². The highest BCUT2D eigenvalue weighted by atomic mass is 14.9. The number of hydrogen-bond acceptors (Lipinski definition) is 3. The maximum absolute atomic E-state index is 4.41. The first-order valence-electron chi connectivity index (χ1n) is 11.4. The molecule has 0 aliphatic carbocycles. The molecule has 0 saturated carbocycles. The van der Waals surface area contributed by atoms with Crippen molar-refractivity contribution in [1.82, 2.24) is 15.3 Å². The molecule has 2 aromatic heterocycles. The lowest BCUT2D eigenvalue weighted by atomic mass is 9.95. The third kappa shape index (κ3) is 5.72. The first-order chi connectivity index (χ1) is 16.0. The van der Waals surface area contributed by atoms with Crippen LogP contribution in [0.25, 0.3) is 22.2 Å². The van der Waals surface area contributed by atoms with Crippen molar-refractivity contribution in [2.45, 2.75) is 33.1 Å². The molecule has 0 fully saturated rings. The molecule has 0 amide bonds. The highest BCUT2D eigenvalue weighted by Crippen LogP contribution is 2.32. The van der Waals surface area contributed by atoms with Crippen LogP contribution in [0.5, 0.6) is 0 Å². The maximum atomic E-state index is 4.41. The molecule has 170 valence electrons. The number of aromatic nitrogens is 2. The van der Waals surface area contributed by atoms with Gasteiger partial charge in [0.25, 0.3) is 0 Å². The number of H-pyrrole nitrogens is 1. The Bertz CT molecular complexity index is 1190. The van der Waals surface area contributed by atoms with Gasteiger partial charge >= 0.3 is 0 Å². The monoisotopic (exact) mass is 438 g/mol. The van der Waals surface area contributed by atoms with E-state index in [4.69, 9.17) is 0 Å². The first-order valence-corrected chi connectivity index (χ1v) is 11.4. The number of pyridine rings is 1. The maximum Gasteiger partial charge on any atom is 0.137 e. The van der Waals surface area contributed by atoms with E-state index in [-0.39, 0.29) is 0 Å². The molecule has 0 bridgehead atoms. The molecular weight excluding hydrogens is 404 g/mol. The van der Waals surface area contributed by atoms with Gasteiger partial charge in [-0.1, -0.05) is 45.2 Å². The zero-order valence-corrected chi connectivity index (χ0v) is 20.0. The molecule has 0 spiro atoms. The molecule has 4 nitrogen and oxygen atoms in total. The fourth-order valence-corrected chi connectivity index (χ4v) is 3.76. The summed E-state index contributed by atoms with van der Waals surface area (Å²) in [5, 5.41) is 7.77. The molecule has 0 aliphatic heterocycles. The minimum absolute atomic E-state index is 0.859. The molecule has 0 radical (unpaired) electrons. The van der Waals surface area contributed by atoms with E-state index in [0.29, 0.717) is 0 Å². The average molecular weight is 439 g/mol. The quantitative estimate of drug-likeness (QED) is 0.273. The second-order valence-corrected chi connectivity index (χ2v) is 7.99. The van der Waals surface area contributed by atoms with Crippen LogP contribution in [0.1, 0.15) is 49.9 Å². The van der Waals surface area contributed by atoms with Gasteiger partial charge in [-0.2, -0.15) is 0 Å². The van der Waals surface area contributed by atoms with Crippen LogP contribution in [-0.2, 0) is 0 Å². The molecule has 0 saturated heterocycles. The Morgan fingerprint density at radius 2 is 2.00 bits per heavy atom. The first kappa shape index (κ1) is 23.9. The lowest BCUT2D eigenvalue weighted by Crippen LogP contribution is -2.10. The molecule has 33 heavy (non-hydrogen) atoms. The van der Waals surface area contributed by atoms with Crippen LogP contribution >= 0.6 is 0 Å². The zero-order chi connectivity index (χ0) is 23.8. The molecule has 3 N–H and O–H groups in total. The second-order valence-electron chi connectivity index (χ2n) is 7.99. The van der Waals surface area contributed by atoms with Crippen molar-refractivity contribution in [3.8, 4) is 0 Å². The van der Waals surface area contributed by atoms with E-state index in [9.17, 15) is 0 Å². The van der Waals surface area contributed by atoms with Crippen LogP contribution in [-0.4, -0.2) is 17.0 Å². The third-order valence-electron chi connectivity index (χ3n) is 5.66. The van der Waals surface area contributed by atoms with Crippen molar-refractivity contribution < 1.29 is 0 Å². The lowest BCUT2D eigenvalue weighted by molar-refractivity contribution is 0.751. The Kier molecular flexibility index (Phi) is 8.09. The molecule has 3 rings (SSSR count). The number of rotatable bonds is 11. The Morgan fingerprint density at radius 3 is 2.67 bits per heavy atom. The van der Waals surface area contributed by atoms with Gasteiger partial charge in [0, 0.05) is 52.5 Å². The van der Waals surface area contributed by atoms with Crippen molar-refractivity contribution in [2.24, 2.45) is 0 Å². The number of allylic oxidation sites excluding steroid dienone is 5. The molecule has 0 unspecified atom stereocenters. The summed E-state index contributed by atoms with van der Waals surface area (Å²) in [5.41, 5.74) is 8.91. The smallest absolute Gasteiger partial charge is 0.137 e. The molecule has 0 aliphatic rings. The van der Waals surface area contributed by atoms with Gasteiger partial charge in [0.15, 0.2) is 0 Å². The fraction of sp³-hybridized carbons (Fsp3) is 0.207. The highest BCUT2D eigenvalue weighted by Gasteiger charge is 2.13. The molecule has 2 heterocycles. The number of unbranched alkanes of at least 4 members (excludes halogenated alkanes) is 1. The summed E-state index contributed by atoms with van der Waals surface area (Å²) in [6.45, 7) is 16.7. The van der Waals surface area contributed by atoms with Crippen LogP contribution in [0.15, 0.2) is 92.0 Å². The normalized spacial score (nSPS) is 12.0. The van der Waals surface area contributed by atoms with Gasteiger partial charge in [0.2, 0.25) is 0 Å². The van der Waals surface area contributed by atoms with Crippen molar-refractivity contribution >= 4 is 27.9 Å². The van der Waals surface area contributed by atoms with Crippen molar-refractivity contribution in [2.75, 3.05) is 12.4 Å². The van der Waals surface area contributed by atoms with Crippen LogP contribution in [0, 0.1) is 0 Å². The van der Waals surface area contributed by atoms with Gasteiger partial charge in [0.05, 0.1) is 0 Å². The Balaban J connectivity index is 1.94. The lowest BCUT2D eigenvalue weighted by Gasteiger charge is -2.15. The zero-order valence-electron chi connectivity index (χ0n) is 20.0. The minimum Gasteiger partial charge on any atom is -0.388 e. The number of anilines is 1. The molecule has 4 heteroatoms. The Morgan fingerprint density at radius 1 is 1.18 bits per heavy atom. The minimum atomic E-state index is 0.859. The Labute approximate surface area is 197 Å². The van der Waals surface area contributed by atoms with Gasteiger partial charge in [-0.3, -0.25) is 0 Å². The topological polar surface area (TPSA) is 52.7 Å². The van der Waals surface area contributed by atoms with E-state index in [0.717, 1.165) is 75.3 Å². The van der Waals surface area contributed by atoms with Gasteiger partial charge in [0.1, 0.15) is 5.65 Å². The van der Waals surface area contributed by atoms with Gasteiger partial charge in [-0.05, 0) is 73.4 Å². The number of aromatic amines is 1. The van der Waals surface area contributed by atoms with Gasteiger partial charge < -0.3 is 15.6 Å². The van der Waals surface area contributed by atoms with E-state index in [1.165, 1.54) is 0 Å². The summed E-state index contributed by atoms with van der Waals surface area (Å²) in [6.07, 6.45) is 11.0. The van der Waals surface area contributed by atoms with Crippen LogP contribution in [0.3, 0.4) is 0 Å². The van der Waals surface area contributed by atoms with E-state index in [2.05, 4.69) is 83.7 Å². The van der Waals surface area contributed by atoms with E-state index in [1.807, 2.05) is 32.2 Å². The fourth-order valence-electron chi connectivity index (χ4n) is 3.76. The number of nitrogens with one attached hydrogen (secondary N) is 3. The molecule has 3 aromatic rings. The molecular formula is C29H34N4. The summed E-state index contributed by atoms with van der Waals surface area (Å²) >= 11 is 0. The second kappa shape index (κ2) is 11.2. The average Bonchev–Trinajstić information content (AvgIpc) is 3.28. The standard InChI is InChI=1S/C29H34N4/c1-7-10-12-20(4)32-25(9-3)17-22(8-2)23-14-15-27(30-6)26(18-23)21(5)28-19-24-13-11-16-31-29(24)33-28/h8-9,11,13-19,30,32H,3-5,7,10,12H2,1-2,6H3,(H,31,33)/b22-8+,25-17+. The summed E-state index contributed by atoms with van der Waals surface area (Å²) in [7, 11) is 1.93. The third-order valence-corrected chi connectivity index (χ3v) is 5.66. The van der Waals surface area contributed by atoms with Crippen LogP contribution < -0.4 is 10.6 Å². The van der Waals surface area contributed by atoms with Crippen LogP contribution in [0.2, 0.25) is 0 Å². The number of benzene rings is 1. The van der Waals surface area contributed by atoms with E-state index >= 15 is 0 Å². The van der Waals surface area contributed by atoms with Crippen molar-refractivity contribution in [3.05, 3.63) is 109 Å². The summed E-state index contributed by atoms with van der Waals surface area (Å²) < 4.78 is 0. The molecule has 1 aromatic carbocycles. The summed E-state index contributed by atoms with van der Waals surface area (Å²) in [4.78, 5) is 7.80. The van der Waals surface area contributed by atoms with Crippen molar-refractivity contribution in [1.29, 1.82) is 0 Å². The summed E-state index contributed by atoms with van der Waals surface area (Å²) in [6, 6.07) is 12.5. The molecule has 0 atom stereocenters. The van der Waals surface area contributed by atoms with Crippen molar-refractivity contribution in [3.63, 3.8) is 0 Å². The SMILES string of the molecule is C=C/C(=C\C(=C/C)c1ccc(NC)c(C(=C)c2cc3cccnc3[nH]2)c1)NC(=C)CCCC. The number of hydrogen-bond donors (Lipinski definition) is 3. The largest absolute Gasteiger partial charge is 0.388 e. The predicted octanol–water partition coefficient (Wildman–Crippen LogP) is 7.43. The van der Waals surface area contributed by atoms with Gasteiger partial charge in [-0.25, -0.2) is 4.98 Å².